The van der Waals surface area contributed by atoms with E-state index >= 15 is 0 Å². The molecule has 6 aromatic rings. The molecule has 2 heterocycles. The molecule has 1 aliphatic rings. The number of esters is 1. The Kier molecular flexibility index (Phi) is 8.70. The van der Waals surface area contributed by atoms with E-state index in [4.69, 9.17) is 26.1 Å². The molecule has 0 saturated carbocycles. The zero-order chi connectivity index (χ0) is 34.9. The Hall–Kier alpha value is -6.12. The SMILES string of the molecule is Cc1c(Cl)ccc2c(C(=O)OC(C)C(=O)c3ccc(OCc4ccccc4)cc3)cc(-c3ccc(N4C(=O)c5ccccc5C4=O)cc3)nc12. The number of carbonyl (C=O) groups excluding carboxylic acids is 4. The van der Waals surface area contributed by atoms with Gasteiger partial charge in [0.25, 0.3) is 11.8 Å². The van der Waals surface area contributed by atoms with Crippen molar-refractivity contribution >= 4 is 51.8 Å². The molecular weight excluding hydrogens is 652 g/mol. The summed E-state index contributed by atoms with van der Waals surface area (Å²) in [6.07, 6.45) is -1.09. The Morgan fingerprint density at radius 3 is 2.10 bits per heavy atom. The first kappa shape index (κ1) is 32.4. The third-order valence-corrected chi connectivity index (χ3v) is 9.05. The van der Waals surface area contributed by atoms with Crippen LogP contribution in [0.2, 0.25) is 5.02 Å². The van der Waals surface area contributed by atoms with Gasteiger partial charge in [0, 0.05) is 21.5 Å². The van der Waals surface area contributed by atoms with E-state index in [1.807, 2.05) is 30.3 Å². The van der Waals surface area contributed by atoms with Crippen LogP contribution < -0.4 is 9.64 Å². The average molecular weight is 681 g/mol. The molecule has 0 fully saturated rings. The van der Waals surface area contributed by atoms with Crippen LogP contribution in [-0.4, -0.2) is 34.7 Å². The lowest BCUT2D eigenvalue weighted by Gasteiger charge is -2.16. The molecule has 0 radical (unpaired) electrons. The first-order chi connectivity index (χ1) is 24.2. The summed E-state index contributed by atoms with van der Waals surface area (Å²) in [5.74, 6) is -1.25. The molecule has 8 nitrogen and oxygen atoms in total. The summed E-state index contributed by atoms with van der Waals surface area (Å²) in [6, 6.07) is 34.9. The lowest BCUT2D eigenvalue weighted by atomic mass is 10.0. The van der Waals surface area contributed by atoms with Crippen molar-refractivity contribution in [1.82, 2.24) is 4.98 Å². The van der Waals surface area contributed by atoms with Gasteiger partial charge in [0.1, 0.15) is 12.4 Å². The molecule has 1 atom stereocenters. The van der Waals surface area contributed by atoms with Crippen molar-refractivity contribution in [2.75, 3.05) is 4.90 Å². The maximum atomic E-state index is 13.7. The van der Waals surface area contributed by atoms with Crippen molar-refractivity contribution in [1.29, 1.82) is 0 Å². The van der Waals surface area contributed by atoms with Crippen molar-refractivity contribution in [2.24, 2.45) is 0 Å². The molecule has 0 bridgehead atoms. The van der Waals surface area contributed by atoms with E-state index < -0.39 is 23.9 Å². The number of fused-ring (bicyclic) bond motifs is 2. The van der Waals surface area contributed by atoms with Crippen molar-refractivity contribution in [2.45, 2.75) is 26.6 Å². The highest BCUT2D eigenvalue weighted by Crippen LogP contribution is 2.33. The summed E-state index contributed by atoms with van der Waals surface area (Å²) in [4.78, 5) is 59.0. The first-order valence-electron chi connectivity index (χ1n) is 15.9. The molecule has 0 saturated heterocycles. The van der Waals surface area contributed by atoms with Crippen molar-refractivity contribution in [3.63, 3.8) is 0 Å². The number of rotatable bonds is 9. The number of pyridine rings is 1. The largest absolute Gasteiger partial charge is 0.489 e. The molecule has 7 rings (SSSR count). The van der Waals surface area contributed by atoms with E-state index in [2.05, 4.69) is 0 Å². The van der Waals surface area contributed by atoms with Crippen molar-refractivity contribution < 1.29 is 28.7 Å². The maximum Gasteiger partial charge on any atom is 0.339 e. The Labute approximate surface area is 292 Å². The zero-order valence-electron chi connectivity index (χ0n) is 27.1. The van der Waals surface area contributed by atoms with Crippen LogP contribution in [0.25, 0.3) is 22.2 Å². The third-order valence-electron chi connectivity index (χ3n) is 8.64. The number of carbonyl (C=O) groups is 4. The fourth-order valence-electron chi connectivity index (χ4n) is 5.89. The third kappa shape index (κ3) is 6.13. The second-order valence-electron chi connectivity index (χ2n) is 11.9. The number of halogens is 1. The molecule has 5 aromatic carbocycles. The summed E-state index contributed by atoms with van der Waals surface area (Å²) in [6.45, 7) is 3.73. The molecule has 50 heavy (non-hydrogen) atoms. The van der Waals surface area contributed by atoms with Gasteiger partial charge in [-0.2, -0.15) is 0 Å². The standard InChI is InChI=1S/C41H29ClN2O6/c1-24-35(42)21-20-31-34(41(48)50-25(2)38(45)28-14-18-30(19-15-28)49-23-26-8-4-3-5-9-26)22-36(43-37(24)31)27-12-16-29(17-13-27)44-39(46)32-10-6-7-11-33(32)40(44)47/h3-22,25H,23H2,1-2H3. The topological polar surface area (TPSA) is 103 Å². The highest BCUT2D eigenvalue weighted by molar-refractivity contribution is 6.34. The number of Topliss-reactive ketones (excluding diaryl/α,β-unsaturated/α-hetero) is 1. The second-order valence-corrected chi connectivity index (χ2v) is 12.3. The number of ketones is 1. The smallest absolute Gasteiger partial charge is 0.339 e. The highest BCUT2D eigenvalue weighted by atomic mass is 35.5. The summed E-state index contributed by atoms with van der Waals surface area (Å²) in [5, 5.41) is 0.991. The lowest BCUT2D eigenvalue weighted by Crippen LogP contribution is -2.29. The van der Waals surface area contributed by atoms with Crippen LogP contribution in [0.3, 0.4) is 0 Å². The van der Waals surface area contributed by atoms with Crippen molar-refractivity contribution in [3.05, 3.63) is 160 Å². The van der Waals surface area contributed by atoms with Gasteiger partial charge in [0.05, 0.1) is 33.6 Å². The minimum Gasteiger partial charge on any atom is -0.489 e. The van der Waals surface area contributed by atoms with Crippen LogP contribution in [0.15, 0.2) is 121 Å². The monoisotopic (exact) mass is 680 g/mol. The maximum absolute atomic E-state index is 13.7. The molecule has 1 aliphatic heterocycles. The Morgan fingerprint density at radius 1 is 0.800 bits per heavy atom. The van der Waals surface area contributed by atoms with E-state index in [1.54, 1.807) is 97.9 Å². The van der Waals surface area contributed by atoms with Crippen LogP contribution in [0.4, 0.5) is 5.69 Å². The number of aromatic nitrogens is 1. The molecule has 9 heteroatoms. The normalized spacial score (nSPS) is 12.9. The molecule has 246 valence electrons. The van der Waals surface area contributed by atoms with E-state index in [0.29, 0.717) is 67.5 Å². The predicted molar refractivity (Wildman–Crippen MR) is 191 cm³/mol. The molecule has 0 spiro atoms. The molecule has 1 unspecified atom stereocenters. The van der Waals surface area contributed by atoms with Gasteiger partial charge in [-0.25, -0.2) is 14.7 Å². The number of nitrogens with zero attached hydrogens (tertiary/aromatic N) is 2. The van der Waals surface area contributed by atoms with E-state index in [-0.39, 0.29) is 11.3 Å². The number of benzene rings is 5. The van der Waals surface area contributed by atoms with Crippen LogP contribution in [0.1, 0.15) is 59.5 Å². The van der Waals surface area contributed by atoms with E-state index in [0.717, 1.165) is 10.5 Å². The summed E-state index contributed by atoms with van der Waals surface area (Å²) in [7, 11) is 0. The average Bonchev–Trinajstić information content (AvgIpc) is 3.41. The van der Waals surface area contributed by atoms with E-state index in [9.17, 15) is 19.2 Å². The first-order valence-corrected chi connectivity index (χ1v) is 16.3. The van der Waals surface area contributed by atoms with Crippen LogP contribution in [0, 0.1) is 6.92 Å². The van der Waals surface area contributed by atoms with Gasteiger partial charge in [-0.15, -0.1) is 0 Å². The molecule has 0 aliphatic carbocycles. The van der Waals surface area contributed by atoms with E-state index in [1.165, 1.54) is 6.92 Å². The highest BCUT2D eigenvalue weighted by Gasteiger charge is 2.36. The molecule has 1 aromatic heterocycles. The molecular formula is C41H29ClN2O6. The van der Waals surface area contributed by atoms with Crippen LogP contribution in [0.5, 0.6) is 5.75 Å². The zero-order valence-corrected chi connectivity index (χ0v) is 27.8. The lowest BCUT2D eigenvalue weighted by molar-refractivity contribution is 0.0320. The Morgan fingerprint density at radius 2 is 1.44 bits per heavy atom. The summed E-state index contributed by atoms with van der Waals surface area (Å²) >= 11 is 6.45. The second kappa shape index (κ2) is 13.4. The minimum absolute atomic E-state index is 0.207. The van der Waals surface area contributed by atoms with Crippen LogP contribution in [-0.2, 0) is 11.3 Å². The van der Waals surface area contributed by atoms with Gasteiger partial charge in [-0.05, 0) is 85.6 Å². The fourth-order valence-corrected chi connectivity index (χ4v) is 6.05. The number of hydrogen-bond acceptors (Lipinski definition) is 7. The predicted octanol–water partition coefficient (Wildman–Crippen LogP) is 8.67. The number of aryl methyl sites for hydroxylation is 1. The number of amides is 2. The van der Waals surface area contributed by atoms with Gasteiger partial charge in [0.2, 0.25) is 5.78 Å². The molecule has 2 amide bonds. The summed E-state index contributed by atoms with van der Waals surface area (Å²) < 4.78 is 11.6. The Balaban J connectivity index is 1.12. The van der Waals surface area contributed by atoms with Gasteiger partial charge in [0.15, 0.2) is 6.10 Å². The number of ether oxygens (including phenoxy) is 2. The van der Waals surface area contributed by atoms with Gasteiger partial charge >= 0.3 is 5.97 Å². The van der Waals surface area contributed by atoms with Crippen molar-refractivity contribution in [3.8, 4) is 17.0 Å². The Bertz CT molecular complexity index is 2270. The quantitative estimate of drug-likeness (QED) is 0.0855. The van der Waals surface area contributed by atoms with Gasteiger partial charge < -0.3 is 9.47 Å². The summed E-state index contributed by atoms with van der Waals surface area (Å²) in [5.41, 5.74) is 4.94. The fraction of sp³-hybridized carbons (Fsp3) is 0.0976. The minimum atomic E-state index is -1.09. The number of hydrogen-bond donors (Lipinski definition) is 0. The number of anilines is 1. The van der Waals surface area contributed by atoms with Gasteiger partial charge in [-0.1, -0.05) is 72.3 Å². The van der Waals surface area contributed by atoms with Crippen LogP contribution >= 0.6 is 11.6 Å². The van der Waals surface area contributed by atoms with Gasteiger partial charge in [-0.3, -0.25) is 14.4 Å². The molecule has 0 N–H and O–H groups in total. The number of imide groups is 1.